The fourth-order valence-corrected chi connectivity index (χ4v) is 4.63. The number of carbonyl (C=O) groups is 1. The molecular weight excluding hydrogens is 436 g/mol. The van der Waals surface area contributed by atoms with Gasteiger partial charge in [0.2, 0.25) is 0 Å². The molecule has 4 aromatic rings. The Balaban J connectivity index is 1.67. The fourth-order valence-electron chi connectivity index (χ4n) is 3.28. The predicted molar refractivity (Wildman–Crippen MR) is 122 cm³/mol. The molecule has 0 spiro atoms. The summed E-state index contributed by atoms with van der Waals surface area (Å²) in [6, 6.07) is 18.4. The number of hydrogen-bond donors (Lipinski definition) is 2. The molecule has 1 heterocycles. The van der Waals surface area contributed by atoms with Crippen molar-refractivity contribution in [2.75, 3.05) is 11.8 Å². The first-order valence-corrected chi connectivity index (χ1v) is 11.2. The van der Waals surface area contributed by atoms with Crippen LogP contribution >= 0.6 is 11.6 Å². The Kier molecular flexibility index (Phi) is 5.43. The molecule has 2 N–H and O–H groups in total. The van der Waals surface area contributed by atoms with Crippen LogP contribution in [0.3, 0.4) is 0 Å². The summed E-state index contributed by atoms with van der Waals surface area (Å²) in [5.41, 5.74) is 3.28. The van der Waals surface area contributed by atoms with Crippen LogP contribution in [0.15, 0.2) is 71.6 Å². The van der Waals surface area contributed by atoms with E-state index in [4.69, 9.17) is 11.6 Å². The minimum Gasteiger partial charge on any atom is -0.355 e. The number of hydrogen-bond acceptors (Lipinski definition) is 4. The highest BCUT2D eigenvalue weighted by Crippen LogP contribution is 2.27. The molecule has 0 atom stereocenters. The molecule has 0 unspecified atom stereocenters. The van der Waals surface area contributed by atoms with Crippen molar-refractivity contribution in [3.8, 4) is 11.4 Å². The first kappa shape index (κ1) is 20.9. The summed E-state index contributed by atoms with van der Waals surface area (Å²) in [7, 11) is -0.317. The van der Waals surface area contributed by atoms with Gasteiger partial charge in [-0.05, 0) is 48.5 Å². The maximum Gasteiger partial charge on any atom is 0.261 e. The van der Waals surface area contributed by atoms with E-state index < -0.39 is 10.0 Å². The molecule has 0 aliphatic rings. The second-order valence-corrected chi connectivity index (χ2v) is 9.04. The van der Waals surface area contributed by atoms with Crippen molar-refractivity contribution in [3.05, 3.63) is 77.3 Å². The first-order valence-electron chi connectivity index (χ1n) is 9.36. The van der Waals surface area contributed by atoms with Crippen LogP contribution in [0.25, 0.3) is 22.4 Å². The van der Waals surface area contributed by atoms with Gasteiger partial charge >= 0.3 is 0 Å². The van der Waals surface area contributed by atoms with Crippen molar-refractivity contribution in [3.63, 3.8) is 0 Å². The predicted octanol–water partition coefficient (Wildman–Crippen LogP) is 4.05. The summed E-state index contributed by atoms with van der Waals surface area (Å²) >= 11 is 5.92. The third-order valence-corrected chi connectivity index (χ3v) is 6.49. The molecular formula is C22H19ClN4O3S. The lowest BCUT2D eigenvalue weighted by molar-refractivity contribution is 0.0963. The number of fused-ring (bicyclic) bond motifs is 1. The molecule has 9 heteroatoms. The molecule has 7 nitrogen and oxygen atoms in total. The third kappa shape index (κ3) is 4.12. The van der Waals surface area contributed by atoms with Crippen molar-refractivity contribution >= 4 is 44.3 Å². The van der Waals surface area contributed by atoms with Crippen LogP contribution in [0, 0.1) is 0 Å². The van der Waals surface area contributed by atoms with E-state index >= 15 is 0 Å². The molecule has 1 aromatic heterocycles. The largest absolute Gasteiger partial charge is 0.355 e. The van der Waals surface area contributed by atoms with Gasteiger partial charge < -0.3 is 9.88 Å². The number of aromatic nitrogens is 2. The van der Waals surface area contributed by atoms with E-state index in [1.54, 1.807) is 49.5 Å². The topological polar surface area (TPSA) is 93.1 Å². The number of rotatable bonds is 5. The van der Waals surface area contributed by atoms with Gasteiger partial charge in [-0.15, -0.1) is 0 Å². The van der Waals surface area contributed by atoms with Gasteiger partial charge in [-0.1, -0.05) is 29.8 Å². The lowest BCUT2D eigenvalue weighted by Gasteiger charge is -2.08. The minimum absolute atomic E-state index is 0.0815. The van der Waals surface area contributed by atoms with E-state index in [-0.39, 0.29) is 10.8 Å². The minimum atomic E-state index is -3.78. The average molecular weight is 455 g/mol. The summed E-state index contributed by atoms with van der Waals surface area (Å²) in [5.74, 6) is 0.543. The van der Waals surface area contributed by atoms with E-state index in [1.165, 1.54) is 12.1 Å². The summed E-state index contributed by atoms with van der Waals surface area (Å²) < 4.78 is 29.8. The van der Waals surface area contributed by atoms with Crippen molar-refractivity contribution in [1.29, 1.82) is 0 Å². The Bertz CT molecular complexity index is 1400. The van der Waals surface area contributed by atoms with Crippen LogP contribution in [-0.4, -0.2) is 30.9 Å². The molecule has 0 aliphatic carbocycles. The highest BCUT2D eigenvalue weighted by molar-refractivity contribution is 7.92. The molecule has 1 amide bonds. The second kappa shape index (κ2) is 8.05. The van der Waals surface area contributed by atoms with Crippen LogP contribution in [0.1, 0.15) is 10.4 Å². The number of carbonyl (C=O) groups excluding carboxylic acids is 1. The van der Waals surface area contributed by atoms with Gasteiger partial charge in [0.15, 0.2) is 0 Å². The van der Waals surface area contributed by atoms with Gasteiger partial charge in [-0.3, -0.25) is 9.52 Å². The normalized spacial score (nSPS) is 11.5. The number of amides is 1. The molecule has 3 aromatic carbocycles. The summed E-state index contributed by atoms with van der Waals surface area (Å²) in [4.78, 5) is 16.5. The van der Waals surface area contributed by atoms with E-state index in [0.717, 1.165) is 11.1 Å². The number of benzene rings is 3. The molecule has 0 saturated heterocycles. The average Bonchev–Trinajstić information content (AvgIpc) is 3.09. The first-order chi connectivity index (χ1) is 14.8. The van der Waals surface area contributed by atoms with E-state index in [1.807, 2.05) is 23.7 Å². The number of sulfonamides is 1. The van der Waals surface area contributed by atoms with Crippen LogP contribution in [-0.2, 0) is 17.1 Å². The Morgan fingerprint density at radius 1 is 1.03 bits per heavy atom. The molecule has 0 aliphatic heterocycles. The zero-order valence-corrected chi connectivity index (χ0v) is 18.3. The van der Waals surface area contributed by atoms with E-state index in [2.05, 4.69) is 15.0 Å². The molecule has 0 bridgehead atoms. The maximum absolute atomic E-state index is 12.7. The van der Waals surface area contributed by atoms with Crippen molar-refractivity contribution in [1.82, 2.24) is 14.9 Å². The van der Waals surface area contributed by atoms with Crippen LogP contribution in [0.4, 0.5) is 5.69 Å². The Labute approximate surface area is 184 Å². The molecule has 0 saturated carbocycles. The van der Waals surface area contributed by atoms with Gasteiger partial charge in [0.25, 0.3) is 15.9 Å². The number of nitrogens with zero attached hydrogens (tertiary/aromatic N) is 2. The summed E-state index contributed by atoms with van der Waals surface area (Å²) in [6.07, 6.45) is 0. The standard InChI is InChI=1S/C22H19ClN4O3S/c1-24-22(28)15-8-6-14(7-9-15)21-25-19-13-17(10-11-20(19)27(21)2)26-31(29,30)18-5-3-4-16(23)12-18/h3-13,26H,1-2H3,(H,24,28). The van der Waals surface area contributed by atoms with E-state index in [9.17, 15) is 13.2 Å². The Hall–Kier alpha value is -3.36. The monoisotopic (exact) mass is 454 g/mol. The maximum atomic E-state index is 12.7. The van der Waals surface area contributed by atoms with Gasteiger partial charge in [0.05, 0.1) is 21.6 Å². The zero-order chi connectivity index (χ0) is 22.2. The van der Waals surface area contributed by atoms with Gasteiger partial charge in [-0.2, -0.15) is 0 Å². The number of aryl methyl sites for hydroxylation is 1. The SMILES string of the molecule is CNC(=O)c1ccc(-c2nc3cc(NS(=O)(=O)c4cccc(Cl)c4)ccc3n2C)cc1. The Morgan fingerprint density at radius 2 is 1.77 bits per heavy atom. The molecule has 0 fully saturated rings. The lowest BCUT2D eigenvalue weighted by atomic mass is 10.1. The fraction of sp³-hybridized carbons (Fsp3) is 0.0909. The molecule has 0 radical (unpaired) electrons. The molecule has 158 valence electrons. The van der Waals surface area contributed by atoms with Crippen LogP contribution < -0.4 is 10.0 Å². The van der Waals surface area contributed by atoms with Crippen molar-refractivity contribution < 1.29 is 13.2 Å². The number of imidazole rings is 1. The third-order valence-electron chi connectivity index (χ3n) is 4.87. The summed E-state index contributed by atoms with van der Waals surface area (Å²) in [6.45, 7) is 0. The number of halogens is 1. The number of nitrogens with one attached hydrogen (secondary N) is 2. The highest BCUT2D eigenvalue weighted by atomic mass is 35.5. The second-order valence-electron chi connectivity index (χ2n) is 6.92. The van der Waals surface area contributed by atoms with Crippen molar-refractivity contribution in [2.45, 2.75) is 4.90 Å². The van der Waals surface area contributed by atoms with Gasteiger partial charge in [0, 0.05) is 30.2 Å². The zero-order valence-electron chi connectivity index (χ0n) is 16.8. The number of anilines is 1. The Morgan fingerprint density at radius 3 is 2.45 bits per heavy atom. The molecule has 4 rings (SSSR count). The molecule has 31 heavy (non-hydrogen) atoms. The van der Waals surface area contributed by atoms with Crippen LogP contribution in [0.5, 0.6) is 0 Å². The van der Waals surface area contributed by atoms with Gasteiger partial charge in [0.1, 0.15) is 5.82 Å². The van der Waals surface area contributed by atoms with Crippen molar-refractivity contribution in [2.24, 2.45) is 7.05 Å². The van der Waals surface area contributed by atoms with E-state index in [0.29, 0.717) is 27.6 Å². The van der Waals surface area contributed by atoms with Gasteiger partial charge in [-0.25, -0.2) is 13.4 Å². The smallest absolute Gasteiger partial charge is 0.261 e. The quantitative estimate of drug-likeness (QED) is 0.475. The highest BCUT2D eigenvalue weighted by Gasteiger charge is 2.16. The summed E-state index contributed by atoms with van der Waals surface area (Å²) in [5, 5.41) is 2.93. The van der Waals surface area contributed by atoms with Crippen LogP contribution in [0.2, 0.25) is 5.02 Å². The lowest BCUT2D eigenvalue weighted by Crippen LogP contribution is -2.17.